The summed E-state index contributed by atoms with van der Waals surface area (Å²) in [6, 6.07) is 16.2. The van der Waals surface area contributed by atoms with Crippen molar-refractivity contribution in [3.63, 3.8) is 0 Å². The Labute approximate surface area is 161 Å². The molecule has 0 nitrogen and oxygen atoms in total. The van der Waals surface area contributed by atoms with Gasteiger partial charge in [-0.1, -0.05) is 105 Å². The van der Waals surface area contributed by atoms with Crippen molar-refractivity contribution in [1.82, 2.24) is 0 Å². The highest BCUT2D eigenvalue weighted by Gasteiger charge is 2.63. The Kier molecular flexibility index (Phi) is 4.35. The first kappa shape index (κ1) is 18.2. The van der Waals surface area contributed by atoms with Crippen molar-refractivity contribution in [3.8, 4) is 0 Å². The maximum atomic E-state index is 2.48. The molecule has 2 aromatic carbocycles. The van der Waals surface area contributed by atoms with Crippen LogP contribution in [-0.2, 0) is 0 Å². The lowest BCUT2D eigenvalue weighted by atomic mass is 10.1. The Hall–Kier alpha value is -1.13. The molecule has 0 spiro atoms. The summed E-state index contributed by atoms with van der Waals surface area (Å²) in [4.78, 5) is 0. The molecular weight excluding hydrogens is 344 g/mol. The molecule has 0 unspecified atom stereocenters. The van der Waals surface area contributed by atoms with Gasteiger partial charge in [-0.05, 0) is 41.5 Å². The molecule has 0 amide bonds. The fourth-order valence-corrected chi connectivity index (χ4v) is 29.3. The second-order valence-corrected chi connectivity index (χ2v) is 22.5. The predicted molar refractivity (Wildman–Crippen MR) is 121 cm³/mol. The zero-order valence-corrected chi connectivity index (χ0v) is 19.6. The molecule has 0 N–H and O–H groups in total. The van der Waals surface area contributed by atoms with Crippen LogP contribution in [0.25, 0.3) is 0 Å². The van der Waals surface area contributed by atoms with Crippen molar-refractivity contribution in [2.75, 3.05) is 0 Å². The van der Waals surface area contributed by atoms with E-state index in [0.29, 0.717) is 0 Å². The summed E-state index contributed by atoms with van der Waals surface area (Å²) in [5.41, 5.74) is 9.37. The van der Waals surface area contributed by atoms with Gasteiger partial charge in [-0.3, -0.25) is 0 Å². The van der Waals surface area contributed by atoms with Crippen LogP contribution in [0.3, 0.4) is 0 Å². The van der Waals surface area contributed by atoms with Crippen LogP contribution >= 0.6 is 0 Å². The fourth-order valence-electron chi connectivity index (χ4n) is 6.87. The maximum absolute atomic E-state index is 2.48. The van der Waals surface area contributed by atoms with Crippen molar-refractivity contribution in [3.05, 3.63) is 57.6 Å². The van der Waals surface area contributed by atoms with Crippen LogP contribution < -0.4 is 10.4 Å². The Morgan fingerprint density at radius 1 is 0.500 bits per heavy atom. The molecular formula is C24H34Si2. The molecule has 2 aliphatic heterocycles. The minimum Gasteiger partial charge on any atom is -0.0578 e. The Bertz CT molecular complexity index is 750. The van der Waals surface area contributed by atoms with Gasteiger partial charge in [0.05, 0.1) is 15.2 Å². The molecule has 2 heterocycles. The van der Waals surface area contributed by atoms with E-state index in [4.69, 9.17) is 0 Å². The number of rotatable bonds is 3. The summed E-state index contributed by atoms with van der Waals surface area (Å²) in [6.45, 7) is 14.2. The van der Waals surface area contributed by atoms with E-state index >= 15 is 0 Å². The van der Waals surface area contributed by atoms with Crippen LogP contribution in [0.2, 0.25) is 24.2 Å². The monoisotopic (exact) mass is 378 g/mol. The number of benzene rings is 2. The lowest BCUT2D eigenvalue weighted by molar-refractivity contribution is 0.881. The summed E-state index contributed by atoms with van der Waals surface area (Å²) >= 11 is 0. The second kappa shape index (κ2) is 6.20. The molecule has 138 valence electrons. The predicted octanol–water partition coefficient (Wildman–Crippen LogP) is 5.43. The SMILES string of the molecule is Cc1cc(C)c([Si]2([Si]3(c4c(C)cc(C)cc4C)CCC3)CCC2)c(C)c1. The van der Waals surface area contributed by atoms with E-state index in [2.05, 4.69) is 65.8 Å². The normalized spacial score (nSPS) is 20.4. The molecule has 4 rings (SSSR count). The molecule has 2 fully saturated rings. The first-order valence-electron chi connectivity index (χ1n) is 10.5. The highest BCUT2D eigenvalue weighted by molar-refractivity contribution is 7.53. The van der Waals surface area contributed by atoms with Crippen LogP contribution in [-0.4, -0.2) is 15.2 Å². The van der Waals surface area contributed by atoms with E-state index < -0.39 is 15.2 Å². The van der Waals surface area contributed by atoms with E-state index in [1.807, 2.05) is 10.4 Å². The first-order chi connectivity index (χ1) is 12.3. The Morgan fingerprint density at radius 2 is 0.769 bits per heavy atom. The van der Waals surface area contributed by atoms with E-state index in [1.54, 1.807) is 46.4 Å². The fraction of sp³-hybridized carbons (Fsp3) is 0.500. The zero-order chi connectivity index (χ0) is 18.7. The van der Waals surface area contributed by atoms with Crippen molar-refractivity contribution in [1.29, 1.82) is 0 Å². The summed E-state index contributed by atoms with van der Waals surface area (Å²) in [5, 5.41) is 3.78. The molecule has 0 radical (unpaired) electrons. The summed E-state index contributed by atoms with van der Waals surface area (Å²) in [6.07, 6.45) is 2.97. The molecule has 2 aliphatic rings. The average molecular weight is 379 g/mol. The van der Waals surface area contributed by atoms with Gasteiger partial charge in [0.25, 0.3) is 0 Å². The molecule has 26 heavy (non-hydrogen) atoms. The van der Waals surface area contributed by atoms with Crippen molar-refractivity contribution in [2.24, 2.45) is 0 Å². The molecule has 2 aromatic rings. The molecule has 0 bridgehead atoms. The number of hydrogen-bond acceptors (Lipinski definition) is 0. The lowest BCUT2D eigenvalue weighted by Gasteiger charge is -2.60. The van der Waals surface area contributed by atoms with Gasteiger partial charge in [0.2, 0.25) is 0 Å². The molecule has 2 saturated heterocycles. The van der Waals surface area contributed by atoms with Crippen LogP contribution in [0.4, 0.5) is 0 Å². The highest BCUT2D eigenvalue weighted by atomic mass is 29.3. The van der Waals surface area contributed by atoms with Gasteiger partial charge in [0, 0.05) is 0 Å². The Balaban J connectivity index is 1.96. The van der Waals surface area contributed by atoms with Crippen LogP contribution in [0.5, 0.6) is 0 Å². The van der Waals surface area contributed by atoms with Gasteiger partial charge in [-0.15, -0.1) is 0 Å². The zero-order valence-electron chi connectivity index (χ0n) is 17.6. The quantitative estimate of drug-likeness (QED) is 0.624. The molecule has 0 aliphatic carbocycles. The molecule has 0 atom stereocenters. The third-order valence-corrected chi connectivity index (χ3v) is 27.8. The van der Waals surface area contributed by atoms with Crippen molar-refractivity contribution >= 4 is 25.6 Å². The van der Waals surface area contributed by atoms with Crippen LogP contribution in [0, 0.1) is 41.5 Å². The highest BCUT2D eigenvalue weighted by Crippen LogP contribution is 2.50. The first-order valence-corrected chi connectivity index (χ1v) is 16.3. The van der Waals surface area contributed by atoms with Gasteiger partial charge in [-0.25, -0.2) is 0 Å². The van der Waals surface area contributed by atoms with Gasteiger partial charge < -0.3 is 0 Å². The van der Waals surface area contributed by atoms with E-state index in [0.717, 1.165) is 0 Å². The van der Waals surface area contributed by atoms with Gasteiger partial charge in [-0.2, -0.15) is 0 Å². The number of hydrogen-bond donors (Lipinski definition) is 0. The smallest absolute Gasteiger partial charge is 0.0578 e. The Morgan fingerprint density at radius 3 is 0.962 bits per heavy atom. The largest absolute Gasteiger partial charge is 0.0863 e. The summed E-state index contributed by atoms with van der Waals surface area (Å²) in [5.74, 6) is 0. The standard InChI is InChI=1S/C24H34Si2/c1-17-13-19(3)23(20(4)14-17)25(9-7-10-25)26(11-8-12-26)24-21(5)15-18(2)16-22(24)6/h13-16H,7-12H2,1-6H3. The molecule has 0 saturated carbocycles. The van der Waals surface area contributed by atoms with E-state index in [1.165, 1.54) is 24.0 Å². The average Bonchev–Trinajstić information content (AvgIpc) is 2.43. The molecule has 2 heteroatoms. The van der Waals surface area contributed by atoms with Crippen molar-refractivity contribution in [2.45, 2.75) is 78.6 Å². The van der Waals surface area contributed by atoms with Gasteiger partial charge >= 0.3 is 0 Å². The molecule has 0 aromatic heterocycles. The topological polar surface area (TPSA) is 0 Å². The summed E-state index contributed by atoms with van der Waals surface area (Å²) in [7, 11) is -2.76. The second-order valence-electron chi connectivity index (χ2n) is 9.42. The van der Waals surface area contributed by atoms with Gasteiger partial charge in [0.1, 0.15) is 0 Å². The van der Waals surface area contributed by atoms with E-state index in [-0.39, 0.29) is 0 Å². The minimum atomic E-state index is -1.38. The van der Waals surface area contributed by atoms with E-state index in [9.17, 15) is 0 Å². The van der Waals surface area contributed by atoms with Crippen LogP contribution in [0.1, 0.15) is 46.2 Å². The maximum Gasteiger partial charge on any atom is 0.0863 e. The van der Waals surface area contributed by atoms with Gasteiger partial charge in [0.15, 0.2) is 0 Å². The lowest BCUT2D eigenvalue weighted by Crippen LogP contribution is -2.82. The minimum absolute atomic E-state index is 1.38. The number of aryl methyl sites for hydroxylation is 6. The third-order valence-electron chi connectivity index (χ3n) is 7.64. The summed E-state index contributed by atoms with van der Waals surface area (Å²) < 4.78 is 0. The third kappa shape index (κ3) is 2.38. The van der Waals surface area contributed by atoms with Crippen molar-refractivity contribution < 1.29 is 0 Å². The van der Waals surface area contributed by atoms with Crippen LogP contribution in [0.15, 0.2) is 24.3 Å².